The highest BCUT2D eigenvalue weighted by atomic mass is 16.5. The summed E-state index contributed by atoms with van der Waals surface area (Å²) in [4.78, 5) is 12.0. The van der Waals surface area contributed by atoms with Gasteiger partial charge in [0, 0.05) is 11.8 Å². The Morgan fingerprint density at radius 3 is 2.65 bits per heavy atom. The van der Waals surface area contributed by atoms with Crippen LogP contribution in [0, 0.1) is 6.92 Å². The van der Waals surface area contributed by atoms with Crippen molar-refractivity contribution in [2.24, 2.45) is 0 Å². The summed E-state index contributed by atoms with van der Waals surface area (Å²) in [5.74, 6) is 1.16. The second-order valence-electron chi connectivity index (χ2n) is 4.98. The predicted molar refractivity (Wildman–Crippen MR) is 93.0 cm³/mol. The lowest BCUT2D eigenvalue weighted by Gasteiger charge is -2.09. The van der Waals surface area contributed by atoms with Gasteiger partial charge in [0.1, 0.15) is 0 Å². The predicted octanol–water partition coefficient (Wildman–Crippen LogP) is 4.05. The molecule has 120 valence electrons. The van der Waals surface area contributed by atoms with Gasteiger partial charge in [0.25, 0.3) is 0 Å². The summed E-state index contributed by atoms with van der Waals surface area (Å²) in [5, 5.41) is 2.86. The van der Waals surface area contributed by atoms with Crippen LogP contribution in [0.25, 0.3) is 6.08 Å². The Kier molecular flexibility index (Phi) is 5.80. The maximum Gasteiger partial charge on any atom is 0.248 e. The normalized spacial score (nSPS) is 10.6. The number of benzene rings is 2. The molecule has 0 saturated heterocycles. The van der Waals surface area contributed by atoms with Gasteiger partial charge in [0.2, 0.25) is 5.91 Å². The number of amides is 1. The molecule has 0 saturated carbocycles. The third-order valence-corrected chi connectivity index (χ3v) is 3.32. The average Bonchev–Trinajstić information content (AvgIpc) is 2.56. The summed E-state index contributed by atoms with van der Waals surface area (Å²) in [6.07, 6.45) is 3.24. The molecule has 0 heterocycles. The minimum Gasteiger partial charge on any atom is -0.493 e. The number of rotatable bonds is 6. The van der Waals surface area contributed by atoms with Crippen molar-refractivity contribution in [3.8, 4) is 11.5 Å². The number of carbonyl (C=O) groups excluding carboxylic acids is 1. The van der Waals surface area contributed by atoms with Gasteiger partial charge in [-0.25, -0.2) is 0 Å². The molecule has 0 fully saturated rings. The molecule has 1 N–H and O–H groups in total. The lowest BCUT2D eigenvalue weighted by atomic mass is 10.1. The monoisotopic (exact) mass is 311 g/mol. The van der Waals surface area contributed by atoms with Crippen LogP contribution in [-0.4, -0.2) is 19.6 Å². The first-order valence-corrected chi connectivity index (χ1v) is 7.49. The molecule has 2 aromatic carbocycles. The topological polar surface area (TPSA) is 47.6 Å². The molecular weight excluding hydrogens is 290 g/mol. The number of methoxy groups -OCH3 is 1. The first-order valence-electron chi connectivity index (χ1n) is 7.49. The fourth-order valence-corrected chi connectivity index (χ4v) is 2.12. The number of hydrogen-bond acceptors (Lipinski definition) is 3. The third kappa shape index (κ3) is 4.61. The summed E-state index contributed by atoms with van der Waals surface area (Å²) in [6, 6.07) is 13.2. The van der Waals surface area contributed by atoms with Crippen molar-refractivity contribution < 1.29 is 14.3 Å². The van der Waals surface area contributed by atoms with Gasteiger partial charge < -0.3 is 14.8 Å². The van der Waals surface area contributed by atoms with E-state index in [1.807, 2.05) is 56.3 Å². The lowest BCUT2D eigenvalue weighted by molar-refractivity contribution is -0.111. The summed E-state index contributed by atoms with van der Waals surface area (Å²) in [7, 11) is 1.59. The molecule has 2 aromatic rings. The first-order chi connectivity index (χ1) is 11.1. The van der Waals surface area contributed by atoms with Gasteiger partial charge in [0.05, 0.1) is 13.7 Å². The molecule has 0 radical (unpaired) electrons. The Morgan fingerprint density at radius 2 is 1.96 bits per heavy atom. The van der Waals surface area contributed by atoms with Crippen molar-refractivity contribution in [1.29, 1.82) is 0 Å². The van der Waals surface area contributed by atoms with E-state index in [-0.39, 0.29) is 5.91 Å². The van der Waals surface area contributed by atoms with Crippen molar-refractivity contribution in [1.82, 2.24) is 0 Å². The van der Waals surface area contributed by atoms with Gasteiger partial charge in [-0.15, -0.1) is 0 Å². The SMILES string of the molecule is CCOc1ccc(C=CC(=O)Nc2ccccc2C)cc1OC. The summed E-state index contributed by atoms with van der Waals surface area (Å²) < 4.78 is 10.8. The van der Waals surface area contributed by atoms with Crippen LogP contribution in [-0.2, 0) is 4.79 Å². The second kappa shape index (κ2) is 8.03. The van der Waals surface area contributed by atoms with Crippen LogP contribution in [0.3, 0.4) is 0 Å². The number of carbonyl (C=O) groups is 1. The van der Waals surface area contributed by atoms with Gasteiger partial charge in [0.15, 0.2) is 11.5 Å². The van der Waals surface area contributed by atoms with Crippen LogP contribution in [0.1, 0.15) is 18.1 Å². The number of aryl methyl sites for hydroxylation is 1. The van der Waals surface area contributed by atoms with Crippen molar-refractivity contribution in [2.75, 3.05) is 19.0 Å². The Balaban J connectivity index is 2.07. The van der Waals surface area contributed by atoms with Crippen LogP contribution in [0.2, 0.25) is 0 Å². The van der Waals surface area contributed by atoms with E-state index in [2.05, 4.69) is 5.32 Å². The van der Waals surface area contributed by atoms with E-state index >= 15 is 0 Å². The van der Waals surface area contributed by atoms with Gasteiger partial charge in [-0.05, 0) is 49.2 Å². The van der Waals surface area contributed by atoms with Crippen LogP contribution in [0.5, 0.6) is 11.5 Å². The van der Waals surface area contributed by atoms with Crippen molar-refractivity contribution >= 4 is 17.7 Å². The van der Waals surface area contributed by atoms with E-state index < -0.39 is 0 Å². The molecule has 0 unspecified atom stereocenters. The highest BCUT2D eigenvalue weighted by molar-refractivity contribution is 6.02. The number of nitrogens with one attached hydrogen (secondary N) is 1. The van der Waals surface area contributed by atoms with Crippen LogP contribution < -0.4 is 14.8 Å². The molecule has 0 aliphatic carbocycles. The van der Waals surface area contributed by atoms with Crippen molar-refractivity contribution in [3.05, 3.63) is 59.7 Å². The highest BCUT2D eigenvalue weighted by Crippen LogP contribution is 2.28. The molecule has 4 nitrogen and oxygen atoms in total. The molecule has 0 aliphatic rings. The van der Waals surface area contributed by atoms with Crippen molar-refractivity contribution in [3.63, 3.8) is 0 Å². The van der Waals surface area contributed by atoms with E-state index in [0.717, 1.165) is 16.8 Å². The Bertz CT molecular complexity index is 708. The number of hydrogen-bond donors (Lipinski definition) is 1. The molecule has 0 aromatic heterocycles. The third-order valence-electron chi connectivity index (χ3n) is 3.32. The number of ether oxygens (including phenoxy) is 2. The quantitative estimate of drug-likeness (QED) is 0.819. The zero-order valence-corrected chi connectivity index (χ0v) is 13.6. The van der Waals surface area contributed by atoms with E-state index in [9.17, 15) is 4.79 Å². The fourth-order valence-electron chi connectivity index (χ4n) is 2.12. The standard InChI is InChI=1S/C19H21NO3/c1-4-23-17-11-9-15(13-18(17)22-3)10-12-19(21)20-16-8-6-5-7-14(16)2/h5-13H,4H2,1-3H3,(H,20,21). The Labute approximate surface area is 136 Å². The molecular formula is C19H21NO3. The highest BCUT2D eigenvalue weighted by Gasteiger charge is 2.04. The first kappa shape index (κ1) is 16.6. The van der Waals surface area contributed by atoms with Gasteiger partial charge >= 0.3 is 0 Å². The minimum atomic E-state index is -0.174. The minimum absolute atomic E-state index is 0.174. The van der Waals surface area contributed by atoms with E-state index in [4.69, 9.17) is 9.47 Å². The molecule has 0 aliphatic heterocycles. The number of anilines is 1. The lowest BCUT2D eigenvalue weighted by Crippen LogP contribution is -2.08. The maximum absolute atomic E-state index is 12.0. The zero-order valence-electron chi connectivity index (χ0n) is 13.6. The molecule has 4 heteroatoms. The van der Waals surface area contributed by atoms with Crippen LogP contribution in [0.15, 0.2) is 48.5 Å². The van der Waals surface area contributed by atoms with E-state index in [0.29, 0.717) is 18.1 Å². The summed E-state index contributed by atoms with van der Waals surface area (Å²) in [5.41, 5.74) is 2.70. The van der Waals surface area contributed by atoms with Crippen molar-refractivity contribution in [2.45, 2.75) is 13.8 Å². The average molecular weight is 311 g/mol. The fraction of sp³-hybridized carbons (Fsp3) is 0.211. The molecule has 1 amide bonds. The molecule has 0 bridgehead atoms. The van der Waals surface area contributed by atoms with Gasteiger partial charge in [-0.2, -0.15) is 0 Å². The van der Waals surface area contributed by atoms with Gasteiger partial charge in [-0.3, -0.25) is 4.79 Å². The van der Waals surface area contributed by atoms with Crippen LogP contribution >= 0.6 is 0 Å². The Hall–Kier alpha value is -2.75. The smallest absolute Gasteiger partial charge is 0.248 e. The van der Waals surface area contributed by atoms with Gasteiger partial charge in [-0.1, -0.05) is 24.3 Å². The second-order valence-corrected chi connectivity index (χ2v) is 4.98. The molecule has 0 atom stereocenters. The number of para-hydroxylation sites is 1. The molecule has 23 heavy (non-hydrogen) atoms. The van der Waals surface area contributed by atoms with E-state index in [1.54, 1.807) is 13.2 Å². The zero-order chi connectivity index (χ0) is 16.7. The van der Waals surface area contributed by atoms with E-state index in [1.165, 1.54) is 6.08 Å². The maximum atomic E-state index is 12.0. The largest absolute Gasteiger partial charge is 0.493 e. The van der Waals surface area contributed by atoms with Crippen LogP contribution in [0.4, 0.5) is 5.69 Å². The summed E-state index contributed by atoms with van der Waals surface area (Å²) in [6.45, 7) is 4.45. The Morgan fingerprint density at radius 1 is 1.17 bits per heavy atom. The molecule has 2 rings (SSSR count). The molecule has 0 spiro atoms. The summed E-state index contributed by atoms with van der Waals surface area (Å²) >= 11 is 0.